The SMILES string of the molecule is CCCCNc1ccccc1C(=O)OC(C)C(=O)Nc1ccc(OC)c(OC)c1. The third-order valence-electron chi connectivity index (χ3n) is 4.30. The first-order valence-corrected chi connectivity index (χ1v) is 9.56. The number of ether oxygens (including phenoxy) is 3. The van der Waals surface area contributed by atoms with E-state index in [1.54, 1.807) is 30.3 Å². The van der Waals surface area contributed by atoms with Gasteiger partial charge in [-0.15, -0.1) is 0 Å². The minimum atomic E-state index is -0.973. The Balaban J connectivity index is 2.02. The minimum absolute atomic E-state index is 0.398. The molecule has 1 unspecified atom stereocenters. The van der Waals surface area contributed by atoms with E-state index in [1.165, 1.54) is 21.1 Å². The molecule has 0 aliphatic rings. The summed E-state index contributed by atoms with van der Waals surface area (Å²) in [7, 11) is 3.05. The summed E-state index contributed by atoms with van der Waals surface area (Å²) in [5, 5.41) is 5.95. The van der Waals surface area contributed by atoms with E-state index in [0.29, 0.717) is 28.4 Å². The lowest BCUT2D eigenvalue weighted by Crippen LogP contribution is -2.30. The Labute approximate surface area is 171 Å². The summed E-state index contributed by atoms with van der Waals surface area (Å²) >= 11 is 0. The van der Waals surface area contributed by atoms with Crippen LogP contribution in [0.3, 0.4) is 0 Å². The molecule has 0 aromatic heterocycles. The van der Waals surface area contributed by atoms with Crippen molar-refractivity contribution in [1.29, 1.82) is 0 Å². The maximum absolute atomic E-state index is 12.6. The quantitative estimate of drug-likeness (QED) is 0.461. The van der Waals surface area contributed by atoms with Crippen LogP contribution >= 0.6 is 0 Å². The molecule has 2 aromatic carbocycles. The fourth-order valence-corrected chi connectivity index (χ4v) is 2.65. The number of para-hydroxylation sites is 1. The predicted octanol–water partition coefficient (Wildman–Crippen LogP) is 4.10. The third-order valence-corrected chi connectivity index (χ3v) is 4.30. The number of rotatable bonds is 10. The number of hydrogen-bond donors (Lipinski definition) is 2. The summed E-state index contributed by atoms with van der Waals surface area (Å²) in [6.45, 7) is 4.39. The number of carbonyl (C=O) groups excluding carboxylic acids is 2. The fourth-order valence-electron chi connectivity index (χ4n) is 2.65. The molecule has 0 aliphatic heterocycles. The van der Waals surface area contributed by atoms with Crippen molar-refractivity contribution < 1.29 is 23.8 Å². The van der Waals surface area contributed by atoms with Crippen LogP contribution in [0, 0.1) is 0 Å². The van der Waals surface area contributed by atoms with Crippen molar-refractivity contribution in [2.75, 3.05) is 31.4 Å². The average molecular weight is 400 g/mol. The number of methoxy groups -OCH3 is 2. The molecule has 1 atom stereocenters. The molecule has 0 saturated carbocycles. The van der Waals surface area contributed by atoms with Crippen molar-refractivity contribution in [3.8, 4) is 11.5 Å². The third kappa shape index (κ3) is 6.14. The normalized spacial score (nSPS) is 11.3. The van der Waals surface area contributed by atoms with Gasteiger partial charge in [0.15, 0.2) is 17.6 Å². The summed E-state index contributed by atoms with van der Waals surface area (Å²) in [6, 6.07) is 12.1. The molecular weight excluding hydrogens is 372 g/mol. The van der Waals surface area contributed by atoms with Crippen LogP contribution in [0.15, 0.2) is 42.5 Å². The highest BCUT2D eigenvalue weighted by molar-refractivity contribution is 5.99. The van der Waals surface area contributed by atoms with Crippen molar-refractivity contribution in [2.45, 2.75) is 32.8 Å². The monoisotopic (exact) mass is 400 g/mol. The zero-order valence-corrected chi connectivity index (χ0v) is 17.3. The van der Waals surface area contributed by atoms with Gasteiger partial charge in [-0.1, -0.05) is 25.5 Å². The Bertz CT molecular complexity index is 838. The van der Waals surface area contributed by atoms with Crippen molar-refractivity contribution in [3.63, 3.8) is 0 Å². The molecule has 0 bridgehead atoms. The van der Waals surface area contributed by atoms with Gasteiger partial charge in [0.1, 0.15) is 0 Å². The fraction of sp³-hybridized carbons (Fsp3) is 0.364. The number of anilines is 2. The highest BCUT2D eigenvalue weighted by Gasteiger charge is 2.21. The summed E-state index contributed by atoms with van der Waals surface area (Å²) < 4.78 is 15.8. The molecule has 0 radical (unpaired) electrons. The number of esters is 1. The van der Waals surface area contributed by atoms with Crippen LogP contribution in [-0.2, 0) is 9.53 Å². The van der Waals surface area contributed by atoms with Crippen LogP contribution in [0.2, 0.25) is 0 Å². The van der Waals surface area contributed by atoms with Crippen LogP contribution < -0.4 is 20.1 Å². The standard InChI is InChI=1S/C22H28N2O5/c1-5-6-13-23-18-10-8-7-9-17(18)22(26)29-15(2)21(25)24-16-11-12-19(27-3)20(14-16)28-4/h7-12,14-15,23H,5-6,13H2,1-4H3,(H,24,25). The van der Waals surface area contributed by atoms with Crippen molar-refractivity contribution in [3.05, 3.63) is 48.0 Å². The van der Waals surface area contributed by atoms with Crippen LogP contribution in [0.4, 0.5) is 11.4 Å². The van der Waals surface area contributed by atoms with Gasteiger partial charge < -0.3 is 24.8 Å². The van der Waals surface area contributed by atoms with E-state index in [9.17, 15) is 9.59 Å². The zero-order chi connectivity index (χ0) is 21.2. The Morgan fingerprint density at radius 3 is 2.45 bits per heavy atom. The number of amides is 1. The molecule has 156 valence electrons. The van der Waals surface area contributed by atoms with Crippen LogP contribution in [0.25, 0.3) is 0 Å². The van der Waals surface area contributed by atoms with E-state index in [1.807, 2.05) is 12.1 Å². The Morgan fingerprint density at radius 1 is 1.03 bits per heavy atom. The first kappa shape index (κ1) is 22.1. The number of hydrogen-bond acceptors (Lipinski definition) is 6. The molecular formula is C22H28N2O5. The van der Waals surface area contributed by atoms with Crippen molar-refractivity contribution in [2.24, 2.45) is 0 Å². The molecule has 7 nitrogen and oxygen atoms in total. The maximum atomic E-state index is 12.6. The van der Waals surface area contributed by atoms with Gasteiger partial charge in [-0.25, -0.2) is 4.79 Å². The predicted molar refractivity (Wildman–Crippen MR) is 113 cm³/mol. The molecule has 2 N–H and O–H groups in total. The van der Waals surface area contributed by atoms with Gasteiger partial charge >= 0.3 is 5.97 Å². The first-order chi connectivity index (χ1) is 14.0. The lowest BCUT2D eigenvalue weighted by molar-refractivity contribution is -0.123. The lowest BCUT2D eigenvalue weighted by atomic mass is 10.1. The molecule has 0 spiro atoms. The van der Waals surface area contributed by atoms with Gasteiger partial charge in [0.25, 0.3) is 5.91 Å². The van der Waals surface area contributed by atoms with Gasteiger partial charge in [0, 0.05) is 24.0 Å². The molecule has 7 heteroatoms. The molecule has 2 aromatic rings. The van der Waals surface area contributed by atoms with Gasteiger partial charge in [0.2, 0.25) is 0 Å². The molecule has 29 heavy (non-hydrogen) atoms. The van der Waals surface area contributed by atoms with E-state index in [0.717, 1.165) is 19.4 Å². The summed E-state index contributed by atoms with van der Waals surface area (Å²) in [6.07, 6.45) is 1.07. The number of benzene rings is 2. The van der Waals surface area contributed by atoms with Gasteiger partial charge in [-0.2, -0.15) is 0 Å². The van der Waals surface area contributed by atoms with E-state index >= 15 is 0 Å². The van der Waals surface area contributed by atoms with Gasteiger partial charge in [-0.3, -0.25) is 4.79 Å². The van der Waals surface area contributed by atoms with E-state index in [-0.39, 0.29) is 0 Å². The summed E-state index contributed by atoms with van der Waals surface area (Å²) in [5.74, 6) is 0.0423. The van der Waals surface area contributed by atoms with Gasteiger partial charge in [0.05, 0.1) is 19.8 Å². The van der Waals surface area contributed by atoms with Gasteiger partial charge in [-0.05, 0) is 37.6 Å². The smallest absolute Gasteiger partial charge is 0.341 e. The van der Waals surface area contributed by atoms with E-state index in [4.69, 9.17) is 14.2 Å². The number of carbonyl (C=O) groups is 2. The van der Waals surface area contributed by atoms with Crippen LogP contribution in [0.1, 0.15) is 37.0 Å². The lowest BCUT2D eigenvalue weighted by Gasteiger charge is -2.16. The Morgan fingerprint density at radius 2 is 1.76 bits per heavy atom. The van der Waals surface area contributed by atoms with Crippen molar-refractivity contribution >= 4 is 23.3 Å². The van der Waals surface area contributed by atoms with E-state index in [2.05, 4.69) is 17.6 Å². The number of nitrogens with one attached hydrogen (secondary N) is 2. The maximum Gasteiger partial charge on any atom is 0.341 e. The number of unbranched alkanes of at least 4 members (excludes halogenated alkanes) is 1. The highest BCUT2D eigenvalue weighted by Crippen LogP contribution is 2.29. The molecule has 0 fully saturated rings. The largest absolute Gasteiger partial charge is 0.493 e. The van der Waals surface area contributed by atoms with Crippen molar-refractivity contribution in [1.82, 2.24) is 0 Å². The summed E-state index contributed by atoms with van der Waals surface area (Å²) in [5.41, 5.74) is 1.60. The van der Waals surface area contributed by atoms with Crippen LogP contribution in [-0.4, -0.2) is 38.7 Å². The summed E-state index contributed by atoms with van der Waals surface area (Å²) in [4.78, 5) is 25.0. The van der Waals surface area contributed by atoms with E-state index < -0.39 is 18.0 Å². The molecule has 0 aliphatic carbocycles. The second-order valence-electron chi connectivity index (χ2n) is 6.43. The molecule has 0 heterocycles. The molecule has 1 amide bonds. The second kappa shape index (κ2) is 10.9. The minimum Gasteiger partial charge on any atom is -0.493 e. The zero-order valence-electron chi connectivity index (χ0n) is 17.3. The Hall–Kier alpha value is -3.22. The average Bonchev–Trinajstić information content (AvgIpc) is 2.74. The highest BCUT2D eigenvalue weighted by atomic mass is 16.5. The Kier molecular flexibility index (Phi) is 8.33. The topological polar surface area (TPSA) is 85.9 Å². The first-order valence-electron chi connectivity index (χ1n) is 9.56. The molecule has 0 saturated heterocycles. The molecule has 2 rings (SSSR count). The van der Waals surface area contributed by atoms with Crippen LogP contribution in [0.5, 0.6) is 11.5 Å². The second-order valence-corrected chi connectivity index (χ2v) is 6.43.